The molecule has 2 N–H and O–H groups in total. The molecule has 0 aliphatic rings. The zero-order chi connectivity index (χ0) is 21.7. The quantitative estimate of drug-likeness (QED) is 0.446. The Labute approximate surface area is 179 Å². The molecule has 0 saturated heterocycles. The summed E-state index contributed by atoms with van der Waals surface area (Å²) >= 11 is 1.40. The van der Waals surface area contributed by atoms with E-state index in [1.807, 2.05) is 32.0 Å². The van der Waals surface area contributed by atoms with Gasteiger partial charge in [0.1, 0.15) is 10.8 Å². The first kappa shape index (κ1) is 21.4. The minimum Gasteiger partial charge on any atom is -0.507 e. The molecule has 0 unspecified atom stereocenters. The van der Waals surface area contributed by atoms with Crippen molar-refractivity contribution in [3.05, 3.63) is 59.5 Å². The van der Waals surface area contributed by atoms with Gasteiger partial charge in [0, 0.05) is 16.5 Å². The second kappa shape index (κ2) is 9.45. The Kier molecular flexibility index (Phi) is 6.74. The van der Waals surface area contributed by atoms with Crippen LogP contribution in [-0.2, 0) is 6.42 Å². The summed E-state index contributed by atoms with van der Waals surface area (Å²) in [5, 5.41) is 22.6. The zero-order valence-electron chi connectivity index (χ0n) is 16.8. The second-order valence-corrected chi connectivity index (χ2v) is 7.25. The number of phenolic OH excluding ortho intramolecular Hbond substituents is 1. The molecule has 2 aromatic carbocycles. The monoisotopic (exact) mass is 425 g/mol. The lowest BCUT2D eigenvalue weighted by molar-refractivity contribution is 0.0697. The van der Waals surface area contributed by atoms with Gasteiger partial charge in [-0.15, -0.1) is 17.9 Å². The number of hydrogen-bond donors (Lipinski definition) is 2. The first-order valence-corrected chi connectivity index (χ1v) is 10.4. The molecule has 7 heteroatoms. The van der Waals surface area contributed by atoms with Crippen molar-refractivity contribution in [3.8, 4) is 39.1 Å². The SMILES string of the molecule is C=CCc1cc(C(=O)O)cc(-c2csc(-c3ccc(OCC)c(OCC)c3)n2)c1O. The van der Waals surface area contributed by atoms with E-state index in [0.717, 1.165) is 10.6 Å². The summed E-state index contributed by atoms with van der Waals surface area (Å²) in [5.74, 6) is 0.252. The van der Waals surface area contributed by atoms with Crippen LogP contribution in [0.2, 0.25) is 0 Å². The maximum atomic E-state index is 11.5. The number of hydrogen-bond acceptors (Lipinski definition) is 6. The summed E-state index contributed by atoms with van der Waals surface area (Å²) in [5.41, 5.74) is 2.32. The topological polar surface area (TPSA) is 88.9 Å². The number of carbonyl (C=O) groups is 1. The summed E-state index contributed by atoms with van der Waals surface area (Å²) in [7, 11) is 0. The second-order valence-electron chi connectivity index (χ2n) is 6.39. The predicted octanol–water partition coefficient (Wildman–Crippen LogP) is 5.41. The Balaban J connectivity index is 2.03. The lowest BCUT2D eigenvalue weighted by Gasteiger charge is -2.11. The molecule has 0 fully saturated rings. The highest BCUT2D eigenvalue weighted by atomic mass is 32.1. The van der Waals surface area contributed by atoms with Crippen LogP contribution in [0.4, 0.5) is 0 Å². The van der Waals surface area contributed by atoms with Crippen LogP contribution in [0.15, 0.2) is 48.4 Å². The van der Waals surface area contributed by atoms with Crippen molar-refractivity contribution < 1.29 is 24.5 Å². The van der Waals surface area contributed by atoms with E-state index >= 15 is 0 Å². The van der Waals surface area contributed by atoms with Crippen LogP contribution in [0.1, 0.15) is 29.8 Å². The molecule has 0 aliphatic carbocycles. The molecule has 0 atom stereocenters. The van der Waals surface area contributed by atoms with Gasteiger partial charge in [-0.1, -0.05) is 6.08 Å². The third kappa shape index (κ3) is 4.46. The number of aromatic hydroxyl groups is 1. The average Bonchev–Trinajstić information content (AvgIpc) is 3.21. The predicted molar refractivity (Wildman–Crippen MR) is 118 cm³/mol. The Morgan fingerprint density at radius 2 is 1.90 bits per heavy atom. The van der Waals surface area contributed by atoms with Crippen LogP contribution in [0.5, 0.6) is 17.2 Å². The molecule has 0 radical (unpaired) electrons. The van der Waals surface area contributed by atoms with E-state index in [2.05, 4.69) is 11.6 Å². The number of carboxylic acids is 1. The fourth-order valence-corrected chi connectivity index (χ4v) is 3.86. The summed E-state index contributed by atoms with van der Waals surface area (Å²) in [6.45, 7) is 8.53. The maximum absolute atomic E-state index is 11.5. The Morgan fingerprint density at radius 3 is 2.57 bits per heavy atom. The highest BCUT2D eigenvalue weighted by Crippen LogP contribution is 2.39. The molecule has 30 heavy (non-hydrogen) atoms. The molecular formula is C23H23NO5S. The lowest BCUT2D eigenvalue weighted by atomic mass is 10.00. The van der Waals surface area contributed by atoms with Crippen LogP contribution in [0, 0.1) is 0 Å². The van der Waals surface area contributed by atoms with Crippen LogP contribution in [-0.4, -0.2) is 34.4 Å². The molecule has 0 saturated carbocycles. The first-order chi connectivity index (χ1) is 14.5. The fraction of sp³-hybridized carbons (Fsp3) is 0.217. The highest BCUT2D eigenvalue weighted by Gasteiger charge is 2.18. The van der Waals surface area contributed by atoms with E-state index in [1.165, 1.54) is 23.5 Å². The summed E-state index contributed by atoms with van der Waals surface area (Å²) in [6.07, 6.45) is 1.97. The van der Waals surface area contributed by atoms with E-state index in [-0.39, 0.29) is 11.3 Å². The van der Waals surface area contributed by atoms with Crippen molar-refractivity contribution in [3.63, 3.8) is 0 Å². The molecule has 1 aromatic heterocycles. The van der Waals surface area contributed by atoms with Gasteiger partial charge in [0.15, 0.2) is 11.5 Å². The first-order valence-electron chi connectivity index (χ1n) is 9.54. The van der Waals surface area contributed by atoms with Gasteiger partial charge < -0.3 is 19.7 Å². The van der Waals surface area contributed by atoms with Crippen molar-refractivity contribution in [2.75, 3.05) is 13.2 Å². The van der Waals surface area contributed by atoms with Gasteiger partial charge in [0.25, 0.3) is 0 Å². The van der Waals surface area contributed by atoms with Crippen molar-refractivity contribution in [1.29, 1.82) is 0 Å². The van der Waals surface area contributed by atoms with Crippen LogP contribution in [0.25, 0.3) is 21.8 Å². The molecule has 156 valence electrons. The van der Waals surface area contributed by atoms with E-state index in [0.29, 0.717) is 48.0 Å². The van der Waals surface area contributed by atoms with Crippen molar-refractivity contribution in [2.45, 2.75) is 20.3 Å². The number of benzene rings is 2. The van der Waals surface area contributed by atoms with Gasteiger partial charge >= 0.3 is 5.97 Å². The molecule has 3 aromatic rings. The summed E-state index contributed by atoms with van der Waals surface area (Å²) < 4.78 is 11.3. The molecule has 1 heterocycles. The van der Waals surface area contributed by atoms with E-state index in [9.17, 15) is 15.0 Å². The molecule has 3 rings (SSSR count). The van der Waals surface area contributed by atoms with Crippen molar-refractivity contribution >= 4 is 17.3 Å². The Hall–Kier alpha value is -3.32. The molecule has 0 aliphatic heterocycles. The van der Waals surface area contributed by atoms with Crippen LogP contribution in [0.3, 0.4) is 0 Å². The Morgan fingerprint density at radius 1 is 1.17 bits per heavy atom. The number of aromatic nitrogens is 1. The van der Waals surface area contributed by atoms with Crippen LogP contribution < -0.4 is 9.47 Å². The van der Waals surface area contributed by atoms with Gasteiger partial charge in [0.2, 0.25) is 0 Å². The minimum absolute atomic E-state index is 0.0125. The maximum Gasteiger partial charge on any atom is 0.335 e. The fourth-order valence-electron chi connectivity index (χ4n) is 3.04. The highest BCUT2D eigenvalue weighted by molar-refractivity contribution is 7.13. The van der Waals surface area contributed by atoms with Gasteiger partial charge in [-0.25, -0.2) is 9.78 Å². The molecule has 0 amide bonds. The summed E-state index contributed by atoms with van der Waals surface area (Å²) in [4.78, 5) is 16.1. The van der Waals surface area contributed by atoms with Gasteiger partial charge in [-0.05, 0) is 56.2 Å². The number of rotatable bonds is 9. The minimum atomic E-state index is -1.06. The van der Waals surface area contributed by atoms with Gasteiger partial charge in [0.05, 0.1) is 24.5 Å². The number of aromatic carboxylic acids is 1. The largest absolute Gasteiger partial charge is 0.507 e. The lowest BCUT2D eigenvalue weighted by Crippen LogP contribution is -1.99. The van der Waals surface area contributed by atoms with E-state index in [1.54, 1.807) is 11.5 Å². The number of ether oxygens (including phenoxy) is 2. The smallest absolute Gasteiger partial charge is 0.335 e. The van der Waals surface area contributed by atoms with E-state index in [4.69, 9.17) is 9.47 Å². The molecule has 0 spiro atoms. The van der Waals surface area contributed by atoms with Gasteiger partial charge in [-0.3, -0.25) is 0 Å². The number of carboxylic acid groups (broad SMARTS) is 1. The third-order valence-corrected chi connectivity index (χ3v) is 5.26. The molecular weight excluding hydrogens is 402 g/mol. The normalized spacial score (nSPS) is 10.6. The number of phenols is 1. The Bertz CT molecular complexity index is 1070. The van der Waals surface area contributed by atoms with Crippen molar-refractivity contribution in [2.24, 2.45) is 0 Å². The molecule has 0 bridgehead atoms. The number of allylic oxidation sites excluding steroid dienone is 1. The van der Waals surface area contributed by atoms with Crippen molar-refractivity contribution in [1.82, 2.24) is 4.98 Å². The zero-order valence-corrected chi connectivity index (χ0v) is 17.7. The van der Waals surface area contributed by atoms with E-state index < -0.39 is 5.97 Å². The standard InChI is InChI=1S/C23H23NO5S/c1-4-7-14-10-16(23(26)27)11-17(21(14)25)18-13-30-22(24-18)15-8-9-19(28-5-2)20(12-15)29-6-3/h4,8-13,25H,1,5-7H2,2-3H3,(H,26,27). The summed E-state index contributed by atoms with van der Waals surface area (Å²) in [6, 6.07) is 8.50. The number of thiazole rings is 1. The van der Waals surface area contributed by atoms with Crippen LogP contribution >= 0.6 is 11.3 Å². The number of nitrogens with zero attached hydrogens (tertiary/aromatic N) is 1. The third-order valence-electron chi connectivity index (χ3n) is 4.37. The average molecular weight is 426 g/mol. The molecule has 6 nitrogen and oxygen atoms in total. The van der Waals surface area contributed by atoms with Gasteiger partial charge in [-0.2, -0.15) is 0 Å².